The van der Waals surface area contributed by atoms with Gasteiger partial charge in [-0.25, -0.2) is 8.42 Å². The quantitative estimate of drug-likeness (QED) is 0.900. The first-order valence-corrected chi connectivity index (χ1v) is 9.59. The molecule has 1 N–H and O–H groups in total. The van der Waals surface area contributed by atoms with E-state index in [1.165, 1.54) is 18.4 Å². The molecule has 1 aliphatic heterocycles. The second-order valence-corrected chi connectivity index (χ2v) is 8.74. The lowest BCUT2D eigenvalue weighted by atomic mass is 10.1. The number of nitrogens with zero attached hydrogens (tertiary/aromatic N) is 1. The van der Waals surface area contributed by atoms with E-state index >= 15 is 0 Å². The zero-order chi connectivity index (χ0) is 15.0. The third kappa shape index (κ3) is 3.71. The van der Waals surface area contributed by atoms with E-state index in [1.807, 2.05) is 24.1 Å². The van der Waals surface area contributed by atoms with Gasteiger partial charge >= 0.3 is 0 Å². The molecule has 2 aliphatic rings. The molecule has 3 rings (SSSR count). The van der Waals surface area contributed by atoms with Crippen molar-refractivity contribution in [2.75, 3.05) is 23.5 Å². The minimum Gasteiger partial charge on any atom is -0.369 e. The Morgan fingerprint density at radius 2 is 2.10 bits per heavy atom. The molecular formula is C15H21ClN2O2S. The van der Waals surface area contributed by atoms with E-state index in [4.69, 9.17) is 11.6 Å². The molecule has 1 unspecified atom stereocenters. The summed E-state index contributed by atoms with van der Waals surface area (Å²) in [5, 5.41) is 4.15. The molecule has 21 heavy (non-hydrogen) atoms. The highest BCUT2D eigenvalue weighted by molar-refractivity contribution is 7.91. The third-order valence-electron chi connectivity index (χ3n) is 4.32. The Balaban J connectivity index is 1.69. The summed E-state index contributed by atoms with van der Waals surface area (Å²) < 4.78 is 23.2. The van der Waals surface area contributed by atoms with Crippen LogP contribution in [-0.2, 0) is 16.4 Å². The molecule has 6 heteroatoms. The van der Waals surface area contributed by atoms with Gasteiger partial charge in [-0.15, -0.1) is 0 Å². The molecule has 1 saturated carbocycles. The molecule has 0 aromatic heterocycles. The molecular weight excluding hydrogens is 308 g/mol. The molecule has 1 aliphatic carbocycles. The van der Waals surface area contributed by atoms with Crippen LogP contribution in [0.1, 0.15) is 24.8 Å². The van der Waals surface area contributed by atoms with Crippen molar-refractivity contribution in [1.29, 1.82) is 0 Å². The summed E-state index contributed by atoms with van der Waals surface area (Å²) in [5.41, 5.74) is 2.08. The number of hydrogen-bond donors (Lipinski definition) is 1. The zero-order valence-electron chi connectivity index (χ0n) is 12.2. The van der Waals surface area contributed by atoms with E-state index in [9.17, 15) is 8.42 Å². The standard InChI is InChI=1S/C15H21ClN2O2S/c1-18(13-6-7-21(19,20)10-13)15-5-2-11(8-14(15)16)9-17-12-3-4-12/h2,5,8,12-13,17H,3-4,6-7,9-10H2,1H3. The van der Waals surface area contributed by atoms with E-state index < -0.39 is 9.84 Å². The SMILES string of the molecule is CN(c1ccc(CNC2CC2)cc1Cl)C1CCS(=O)(=O)C1. The molecule has 0 amide bonds. The van der Waals surface area contributed by atoms with Crippen molar-refractivity contribution < 1.29 is 8.42 Å². The summed E-state index contributed by atoms with van der Waals surface area (Å²) in [6.45, 7) is 0.839. The number of anilines is 1. The van der Waals surface area contributed by atoms with Crippen LogP contribution in [0.4, 0.5) is 5.69 Å². The summed E-state index contributed by atoms with van der Waals surface area (Å²) in [7, 11) is -0.950. The Bertz CT molecular complexity index is 629. The Hall–Kier alpha value is -0.780. The van der Waals surface area contributed by atoms with Crippen LogP contribution in [0.25, 0.3) is 0 Å². The van der Waals surface area contributed by atoms with Crippen molar-refractivity contribution in [2.45, 2.75) is 37.9 Å². The fourth-order valence-corrected chi connectivity index (χ4v) is 4.88. The molecule has 1 heterocycles. The number of nitrogens with one attached hydrogen (secondary N) is 1. The third-order valence-corrected chi connectivity index (χ3v) is 6.37. The maximum absolute atomic E-state index is 11.6. The largest absolute Gasteiger partial charge is 0.369 e. The van der Waals surface area contributed by atoms with Gasteiger partial charge in [0.1, 0.15) is 0 Å². The van der Waals surface area contributed by atoms with Crippen molar-refractivity contribution >= 4 is 27.1 Å². The minimum atomic E-state index is -2.88. The van der Waals surface area contributed by atoms with Crippen molar-refractivity contribution in [3.63, 3.8) is 0 Å². The van der Waals surface area contributed by atoms with Gasteiger partial charge in [-0.3, -0.25) is 0 Å². The lowest BCUT2D eigenvalue weighted by Gasteiger charge is -2.26. The molecule has 1 atom stereocenters. The van der Waals surface area contributed by atoms with Gasteiger partial charge in [0.25, 0.3) is 0 Å². The van der Waals surface area contributed by atoms with Crippen LogP contribution < -0.4 is 10.2 Å². The summed E-state index contributed by atoms with van der Waals surface area (Å²) in [6, 6.07) is 6.75. The van der Waals surface area contributed by atoms with Crippen molar-refractivity contribution in [3.8, 4) is 0 Å². The molecule has 0 spiro atoms. The van der Waals surface area contributed by atoms with Crippen LogP contribution in [-0.4, -0.2) is 39.1 Å². The van der Waals surface area contributed by atoms with E-state index in [1.54, 1.807) is 0 Å². The molecule has 0 radical (unpaired) electrons. The minimum absolute atomic E-state index is 0.0305. The molecule has 4 nitrogen and oxygen atoms in total. The van der Waals surface area contributed by atoms with E-state index in [-0.39, 0.29) is 17.5 Å². The second kappa shape index (κ2) is 5.78. The number of hydrogen-bond acceptors (Lipinski definition) is 4. The average Bonchev–Trinajstić information content (AvgIpc) is 3.18. The second-order valence-electron chi connectivity index (χ2n) is 6.11. The predicted octanol–water partition coefficient (Wildman–Crippen LogP) is 2.22. The highest BCUT2D eigenvalue weighted by Crippen LogP contribution is 2.30. The topological polar surface area (TPSA) is 49.4 Å². The van der Waals surface area contributed by atoms with Crippen molar-refractivity contribution in [1.82, 2.24) is 5.32 Å². The molecule has 1 aromatic rings. The highest BCUT2D eigenvalue weighted by atomic mass is 35.5. The molecule has 1 aromatic carbocycles. The van der Waals surface area contributed by atoms with Crippen LogP contribution in [0.5, 0.6) is 0 Å². The number of benzene rings is 1. The number of sulfone groups is 1. The normalized spacial score (nSPS) is 24.2. The monoisotopic (exact) mass is 328 g/mol. The van der Waals surface area contributed by atoms with Crippen LogP contribution in [0.15, 0.2) is 18.2 Å². The lowest BCUT2D eigenvalue weighted by Crippen LogP contribution is -2.32. The Labute approximate surface area is 131 Å². The van der Waals surface area contributed by atoms with Crippen LogP contribution in [0.2, 0.25) is 5.02 Å². The fraction of sp³-hybridized carbons (Fsp3) is 0.600. The van der Waals surface area contributed by atoms with E-state index in [2.05, 4.69) is 11.4 Å². The Kier molecular flexibility index (Phi) is 4.17. The lowest BCUT2D eigenvalue weighted by molar-refractivity contribution is 0.601. The first kappa shape index (κ1) is 15.1. The van der Waals surface area contributed by atoms with Crippen LogP contribution in [0.3, 0.4) is 0 Å². The summed E-state index contributed by atoms with van der Waals surface area (Å²) in [6.07, 6.45) is 3.22. The molecule has 2 fully saturated rings. The summed E-state index contributed by atoms with van der Waals surface area (Å²) in [4.78, 5) is 2.00. The fourth-order valence-electron chi connectivity index (χ4n) is 2.77. The van der Waals surface area contributed by atoms with Crippen LogP contribution >= 0.6 is 11.6 Å². The maximum Gasteiger partial charge on any atom is 0.152 e. The van der Waals surface area contributed by atoms with Gasteiger partial charge < -0.3 is 10.2 Å². The first-order chi connectivity index (χ1) is 9.94. The van der Waals surface area contributed by atoms with Gasteiger partial charge in [-0.1, -0.05) is 17.7 Å². The maximum atomic E-state index is 11.6. The van der Waals surface area contributed by atoms with Crippen molar-refractivity contribution in [2.24, 2.45) is 0 Å². The molecule has 116 valence electrons. The predicted molar refractivity (Wildman–Crippen MR) is 86.8 cm³/mol. The summed E-state index contributed by atoms with van der Waals surface area (Å²) >= 11 is 6.39. The highest BCUT2D eigenvalue weighted by Gasteiger charge is 2.31. The molecule has 1 saturated heterocycles. The van der Waals surface area contributed by atoms with E-state index in [0.29, 0.717) is 17.5 Å². The average molecular weight is 329 g/mol. The summed E-state index contributed by atoms with van der Waals surface area (Å²) in [5.74, 6) is 0.508. The molecule has 0 bridgehead atoms. The van der Waals surface area contributed by atoms with Gasteiger partial charge in [-0.2, -0.15) is 0 Å². The first-order valence-electron chi connectivity index (χ1n) is 7.40. The van der Waals surface area contributed by atoms with Gasteiger partial charge in [0.15, 0.2) is 9.84 Å². The van der Waals surface area contributed by atoms with E-state index in [0.717, 1.165) is 12.2 Å². The van der Waals surface area contributed by atoms with Gasteiger partial charge in [0.2, 0.25) is 0 Å². The van der Waals surface area contributed by atoms with Crippen molar-refractivity contribution in [3.05, 3.63) is 28.8 Å². The Morgan fingerprint density at radius 3 is 2.67 bits per heavy atom. The Morgan fingerprint density at radius 1 is 1.33 bits per heavy atom. The number of halogens is 1. The smallest absolute Gasteiger partial charge is 0.152 e. The zero-order valence-corrected chi connectivity index (χ0v) is 13.8. The van der Waals surface area contributed by atoms with Gasteiger partial charge in [0, 0.05) is 25.7 Å². The van der Waals surface area contributed by atoms with Gasteiger partial charge in [-0.05, 0) is 37.0 Å². The van der Waals surface area contributed by atoms with Gasteiger partial charge in [0.05, 0.1) is 22.2 Å². The number of rotatable bonds is 5. The van der Waals surface area contributed by atoms with Crippen LogP contribution in [0, 0.1) is 0 Å².